The molecule has 0 atom stereocenters. The van der Waals surface area contributed by atoms with E-state index in [4.69, 9.17) is 10.5 Å². The third kappa shape index (κ3) is 5.64. The van der Waals surface area contributed by atoms with Gasteiger partial charge in [0.05, 0.1) is 0 Å². The number of rotatable bonds is 1. The molecule has 2 heterocycles. The quantitative estimate of drug-likeness (QED) is 0.833. The average molecular weight is 280 g/mol. The van der Waals surface area contributed by atoms with Crippen molar-refractivity contribution >= 4 is 12.0 Å². The number of nitrogens with zero attached hydrogens (tertiary/aromatic N) is 3. The fourth-order valence-electron chi connectivity index (χ4n) is 1.25. The van der Waals surface area contributed by atoms with Gasteiger partial charge in [-0.25, -0.2) is 14.8 Å². The van der Waals surface area contributed by atoms with Crippen LogP contribution in [0.3, 0.4) is 0 Å². The van der Waals surface area contributed by atoms with Crippen LogP contribution in [0.4, 0.5) is 4.79 Å². The number of nitrogens with two attached hydrogens (primary N) is 1. The Balaban J connectivity index is 0.000000204. The van der Waals surface area contributed by atoms with Crippen molar-refractivity contribution in [2.75, 3.05) is 13.1 Å². The molecule has 20 heavy (non-hydrogen) atoms. The molecule has 7 heteroatoms. The van der Waals surface area contributed by atoms with Crippen molar-refractivity contribution in [3.8, 4) is 0 Å². The van der Waals surface area contributed by atoms with Gasteiger partial charge >= 0.3 is 6.09 Å². The van der Waals surface area contributed by atoms with E-state index in [2.05, 4.69) is 9.97 Å². The minimum atomic E-state index is -0.601. The van der Waals surface area contributed by atoms with Gasteiger partial charge in [-0.05, 0) is 33.3 Å². The second-order valence-electron chi connectivity index (χ2n) is 5.26. The van der Waals surface area contributed by atoms with Gasteiger partial charge in [-0.3, -0.25) is 4.79 Å². The van der Waals surface area contributed by atoms with Crippen LogP contribution >= 0.6 is 0 Å². The Bertz CT molecular complexity index is 452. The van der Waals surface area contributed by atoms with E-state index in [1.807, 2.05) is 20.8 Å². The van der Waals surface area contributed by atoms with E-state index in [1.165, 1.54) is 12.4 Å². The molecule has 1 saturated heterocycles. The van der Waals surface area contributed by atoms with Gasteiger partial charge in [0.25, 0.3) is 5.91 Å². The van der Waals surface area contributed by atoms with Crippen LogP contribution in [0.15, 0.2) is 18.5 Å². The predicted octanol–water partition coefficient (Wildman–Crippen LogP) is 1.20. The van der Waals surface area contributed by atoms with E-state index < -0.39 is 5.91 Å². The summed E-state index contributed by atoms with van der Waals surface area (Å²) in [6.07, 6.45) is 3.86. The van der Waals surface area contributed by atoms with Crippen LogP contribution in [0.5, 0.6) is 0 Å². The van der Waals surface area contributed by atoms with Crippen LogP contribution in [-0.2, 0) is 4.74 Å². The molecule has 0 bridgehead atoms. The van der Waals surface area contributed by atoms with Crippen LogP contribution in [0.25, 0.3) is 0 Å². The topological polar surface area (TPSA) is 98.4 Å². The van der Waals surface area contributed by atoms with Crippen LogP contribution in [-0.4, -0.2) is 45.6 Å². The summed E-state index contributed by atoms with van der Waals surface area (Å²) in [6, 6.07) is 1.62. The number of hydrogen-bond acceptors (Lipinski definition) is 5. The maximum Gasteiger partial charge on any atom is 0.410 e. The highest BCUT2D eigenvalue weighted by atomic mass is 16.6. The van der Waals surface area contributed by atoms with Gasteiger partial charge in [-0.1, -0.05) is 0 Å². The lowest BCUT2D eigenvalue weighted by Crippen LogP contribution is -2.44. The zero-order chi connectivity index (χ0) is 15.2. The van der Waals surface area contributed by atoms with Gasteiger partial charge in [0.1, 0.15) is 5.60 Å². The number of ether oxygens (including phenoxy) is 1. The van der Waals surface area contributed by atoms with Crippen LogP contribution < -0.4 is 5.73 Å². The van der Waals surface area contributed by atoms with Crippen molar-refractivity contribution < 1.29 is 14.3 Å². The van der Waals surface area contributed by atoms with Crippen LogP contribution in [0, 0.1) is 0 Å². The highest BCUT2D eigenvalue weighted by Crippen LogP contribution is 2.13. The van der Waals surface area contributed by atoms with Crippen molar-refractivity contribution in [2.45, 2.75) is 32.8 Å². The van der Waals surface area contributed by atoms with Crippen molar-refractivity contribution in [1.82, 2.24) is 14.9 Å². The molecule has 1 fully saturated rings. The average Bonchev–Trinajstić information content (AvgIpc) is 2.26. The molecule has 1 aromatic rings. The smallest absolute Gasteiger partial charge is 0.410 e. The van der Waals surface area contributed by atoms with Crippen molar-refractivity contribution in [2.24, 2.45) is 5.73 Å². The van der Waals surface area contributed by atoms with E-state index >= 15 is 0 Å². The Morgan fingerprint density at radius 3 is 2.10 bits per heavy atom. The summed E-state index contributed by atoms with van der Waals surface area (Å²) in [6.45, 7) is 7.35. The summed E-state index contributed by atoms with van der Waals surface area (Å²) in [5, 5.41) is 0. The standard InChI is InChI=1S/C8H15NO2.C5H5N3O/c1-8(2,3)11-7(10)9-5-4-6-9;6-4(9)5-7-2-1-3-8-5/h4-6H2,1-3H3;1-3H,(H2,6,9). The van der Waals surface area contributed by atoms with Gasteiger partial charge in [0.2, 0.25) is 5.82 Å². The fourth-order valence-corrected chi connectivity index (χ4v) is 1.25. The first kappa shape index (κ1) is 15.9. The number of amides is 2. The van der Waals surface area contributed by atoms with E-state index in [9.17, 15) is 9.59 Å². The summed E-state index contributed by atoms with van der Waals surface area (Å²) in [7, 11) is 0. The monoisotopic (exact) mass is 280 g/mol. The first-order chi connectivity index (χ1) is 9.29. The SMILES string of the molecule is CC(C)(C)OC(=O)N1CCC1.NC(=O)c1ncccn1. The molecule has 110 valence electrons. The summed E-state index contributed by atoms with van der Waals surface area (Å²) in [4.78, 5) is 30.3. The lowest BCUT2D eigenvalue weighted by molar-refractivity contribution is 0.0131. The number of aromatic nitrogens is 2. The number of carbonyl (C=O) groups excluding carboxylic acids is 2. The second-order valence-corrected chi connectivity index (χ2v) is 5.26. The predicted molar refractivity (Wildman–Crippen MR) is 73.0 cm³/mol. The van der Waals surface area contributed by atoms with Gasteiger partial charge in [0, 0.05) is 25.5 Å². The zero-order valence-electron chi connectivity index (χ0n) is 12.0. The molecule has 0 radical (unpaired) electrons. The molecular formula is C13H20N4O3. The molecular weight excluding hydrogens is 260 g/mol. The summed E-state index contributed by atoms with van der Waals surface area (Å²) in [5.41, 5.74) is 4.50. The number of likely N-dealkylation sites (tertiary alicyclic amines) is 1. The van der Waals surface area contributed by atoms with Gasteiger partial charge in [-0.15, -0.1) is 0 Å². The van der Waals surface area contributed by atoms with Gasteiger partial charge in [-0.2, -0.15) is 0 Å². The molecule has 0 unspecified atom stereocenters. The molecule has 0 spiro atoms. The molecule has 0 aromatic carbocycles. The molecule has 0 aliphatic carbocycles. The first-order valence-corrected chi connectivity index (χ1v) is 6.34. The molecule has 2 N–H and O–H groups in total. The van der Waals surface area contributed by atoms with Crippen LogP contribution in [0.1, 0.15) is 37.8 Å². The summed E-state index contributed by atoms with van der Waals surface area (Å²) in [5.74, 6) is -0.548. The molecule has 2 rings (SSSR count). The second kappa shape index (κ2) is 6.83. The normalized spacial score (nSPS) is 13.7. The minimum absolute atomic E-state index is 0.0532. The molecule has 0 saturated carbocycles. The van der Waals surface area contributed by atoms with Gasteiger partial charge < -0.3 is 15.4 Å². The Kier molecular flexibility index (Phi) is 5.42. The van der Waals surface area contributed by atoms with E-state index in [0.29, 0.717) is 0 Å². The highest BCUT2D eigenvalue weighted by molar-refractivity contribution is 5.88. The Labute approximate surface area is 118 Å². The highest BCUT2D eigenvalue weighted by Gasteiger charge is 2.25. The van der Waals surface area contributed by atoms with E-state index in [0.717, 1.165) is 19.5 Å². The maximum absolute atomic E-state index is 11.1. The largest absolute Gasteiger partial charge is 0.444 e. The number of primary amides is 1. The Morgan fingerprint density at radius 1 is 1.25 bits per heavy atom. The van der Waals surface area contributed by atoms with Crippen molar-refractivity contribution in [1.29, 1.82) is 0 Å². The lowest BCUT2D eigenvalue weighted by atomic mass is 10.2. The van der Waals surface area contributed by atoms with E-state index in [-0.39, 0.29) is 17.5 Å². The van der Waals surface area contributed by atoms with Crippen molar-refractivity contribution in [3.05, 3.63) is 24.3 Å². The number of carbonyl (C=O) groups is 2. The van der Waals surface area contributed by atoms with Gasteiger partial charge in [0.15, 0.2) is 0 Å². The zero-order valence-corrected chi connectivity index (χ0v) is 12.0. The third-order valence-electron chi connectivity index (χ3n) is 2.29. The summed E-state index contributed by atoms with van der Waals surface area (Å²) >= 11 is 0. The minimum Gasteiger partial charge on any atom is -0.444 e. The van der Waals surface area contributed by atoms with Crippen LogP contribution in [0.2, 0.25) is 0 Å². The molecule has 7 nitrogen and oxygen atoms in total. The fraction of sp³-hybridized carbons (Fsp3) is 0.538. The third-order valence-corrected chi connectivity index (χ3v) is 2.29. The molecule has 2 amide bonds. The lowest BCUT2D eigenvalue weighted by Gasteiger charge is -2.32. The maximum atomic E-state index is 11.1. The molecule has 1 aliphatic heterocycles. The van der Waals surface area contributed by atoms with Crippen molar-refractivity contribution in [3.63, 3.8) is 0 Å². The van der Waals surface area contributed by atoms with E-state index in [1.54, 1.807) is 11.0 Å². The molecule has 1 aliphatic rings. The molecule has 1 aromatic heterocycles. The summed E-state index contributed by atoms with van der Waals surface area (Å²) < 4.78 is 5.13. The Hall–Kier alpha value is -2.18. The first-order valence-electron chi connectivity index (χ1n) is 6.34. The Morgan fingerprint density at radius 2 is 1.80 bits per heavy atom. The number of hydrogen-bond donors (Lipinski definition) is 1.